The molecule has 0 radical (unpaired) electrons. The van der Waals surface area contributed by atoms with E-state index in [0.29, 0.717) is 0 Å². The minimum atomic E-state index is 0.805. The molecule has 0 saturated heterocycles. The molecular formula is C11H9BrClN. The Labute approximate surface area is 96.2 Å². The van der Waals surface area contributed by atoms with Crippen molar-refractivity contribution < 1.29 is 0 Å². The van der Waals surface area contributed by atoms with E-state index in [9.17, 15) is 0 Å². The van der Waals surface area contributed by atoms with Gasteiger partial charge in [-0.3, -0.25) is 0 Å². The molecule has 1 heterocycles. The molecule has 0 fully saturated rings. The van der Waals surface area contributed by atoms with Crippen molar-refractivity contribution >= 4 is 27.5 Å². The van der Waals surface area contributed by atoms with Crippen molar-refractivity contribution in [3.8, 4) is 11.3 Å². The fourth-order valence-electron chi connectivity index (χ4n) is 1.35. The van der Waals surface area contributed by atoms with Crippen LogP contribution in [-0.2, 0) is 0 Å². The van der Waals surface area contributed by atoms with Gasteiger partial charge in [0.1, 0.15) is 0 Å². The zero-order chi connectivity index (χ0) is 10.1. The van der Waals surface area contributed by atoms with Crippen LogP contribution in [0.15, 0.2) is 34.9 Å². The largest absolute Gasteiger partial charge is 0.349 e. The van der Waals surface area contributed by atoms with Gasteiger partial charge in [-0.1, -0.05) is 17.7 Å². The van der Waals surface area contributed by atoms with Crippen LogP contribution in [0.3, 0.4) is 0 Å². The summed E-state index contributed by atoms with van der Waals surface area (Å²) in [6.07, 6.45) is 0. The number of aryl methyl sites for hydroxylation is 1. The van der Waals surface area contributed by atoms with Crippen molar-refractivity contribution in [1.82, 2.24) is 4.98 Å². The van der Waals surface area contributed by atoms with Crippen LogP contribution in [0, 0.1) is 6.92 Å². The van der Waals surface area contributed by atoms with Gasteiger partial charge in [0.25, 0.3) is 0 Å². The summed E-state index contributed by atoms with van der Waals surface area (Å²) in [7, 11) is 0. The van der Waals surface area contributed by atoms with Crippen LogP contribution in [0.5, 0.6) is 0 Å². The Morgan fingerprint density at radius 2 is 2.00 bits per heavy atom. The number of hydrogen-bond donors (Lipinski definition) is 1. The molecule has 0 bridgehead atoms. The standard InChI is InChI=1S/C11H9BrClN/c1-7-6-8(2-3-9(7)13)10-4-5-11(12)14-10/h2-6,14H,1H3. The number of aromatic nitrogens is 1. The van der Waals surface area contributed by atoms with Gasteiger partial charge in [-0.05, 0) is 58.2 Å². The van der Waals surface area contributed by atoms with Gasteiger partial charge in [0.05, 0.1) is 4.60 Å². The van der Waals surface area contributed by atoms with E-state index in [1.165, 1.54) is 0 Å². The van der Waals surface area contributed by atoms with Crippen molar-refractivity contribution in [2.75, 3.05) is 0 Å². The number of H-pyrrole nitrogens is 1. The van der Waals surface area contributed by atoms with Gasteiger partial charge in [0.15, 0.2) is 0 Å². The van der Waals surface area contributed by atoms with Gasteiger partial charge in [-0.15, -0.1) is 0 Å². The van der Waals surface area contributed by atoms with Gasteiger partial charge in [0, 0.05) is 10.7 Å². The minimum Gasteiger partial charge on any atom is -0.349 e. The molecule has 0 aliphatic carbocycles. The zero-order valence-corrected chi connectivity index (χ0v) is 9.98. The third-order valence-corrected chi connectivity index (χ3v) is 3.01. The number of halogens is 2. The molecule has 2 rings (SSSR count). The molecule has 0 atom stereocenters. The van der Waals surface area contributed by atoms with E-state index in [-0.39, 0.29) is 0 Å². The third-order valence-electron chi connectivity index (χ3n) is 2.12. The minimum absolute atomic E-state index is 0.805. The Hall–Kier alpha value is -0.730. The normalized spacial score (nSPS) is 10.5. The second-order valence-electron chi connectivity index (χ2n) is 3.18. The van der Waals surface area contributed by atoms with Gasteiger partial charge in [0.2, 0.25) is 0 Å². The Morgan fingerprint density at radius 3 is 2.57 bits per heavy atom. The maximum Gasteiger partial charge on any atom is 0.0824 e. The molecule has 0 saturated carbocycles. The lowest BCUT2D eigenvalue weighted by Gasteiger charge is -2.01. The van der Waals surface area contributed by atoms with Crippen molar-refractivity contribution in [2.24, 2.45) is 0 Å². The molecule has 0 amide bonds. The van der Waals surface area contributed by atoms with Crippen LogP contribution in [0.1, 0.15) is 5.56 Å². The van der Waals surface area contributed by atoms with Crippen LogP contribution in [0.4, 0.5) is 0 Å². The smallest absolute Gasteiger partial charge is 0.0824 e. The fraction of sp³-hybridized carbons (Fsp3) is 0.0909. The van der Waals surface area contributed by atoms with E-state index in [4.69, 9.17) is 11.6 Å². The second-order valence-corrected chi connectivity index (χ2v) is 4.45. The van der Waals surface area contributed by atoms with Crippen LogP contribution >= 0.6 is 27.5 Å². The van der Waals surface area contributed by atoms with E-state index in [1.807, 2.05) is 31.2 Å². The number of nitrogens with one attached hydrogen (secondary N) is 1. The lowest BCUT2D eigenvalue weighted by molar-refractivity contribution is 1.34. The molecular weight excluding hydrogens is 261 g/mol. The Balaban J connectivity index is 2.47. The third kappa shape index (κ3) is 1.86. The molecule has 2 aromatic rings. The monoisotopic (exact) mass is 269 g/mol. The first-order valence-corrected chi connectivity index (χ1v) is 5.45. The Bertz CT molecular complexity index is 462. The molecule has 72 valence electrons. The second kappa shape index (κ2) is 3.79. The van der Waals surface area contributed by atoms with Crippen molar-refractivity contribution in [3.63, 3.8) is 0 Å². The predicted molar refractivity (Wildman–Crippen MR) is 63.7 cm³/mol. The maximum absolute atomic E-state index is 5.95. The zero-order valence-electron chi connectivity index (χ0n) is 7.64. The molecule has 0 aliphatic rings. The topological polar surface area (TPSA) is 15.8 Å². The Kier molecular flexibility index (Phi) is 2.66. The molecule has 0 aliphatic heterocycles. The van der Waals surface area contributed by atoms with Crippen molar-refractivity contribution in [2.45, 2.75) is 6.92 Å². The van der Waals surface area contributed by atoms with E-state index >= 15 is 0 Å². The predicted octanol–water partition coefficient (Wildman–Crippen LogP) is 4.41. The van der Waals surface area contributed by atoms with Gasteiger partial charge >= 0.3 is 0 Å². The van der Waals surface area contributed by atoms with E-state index in [1.54, 1.807) is 0 Å². The molecule has 1 aromatic carbocycles. The number of hydrogen-bond acceptors (Lipinski definition) is 0. The molecule has 1 N–H and O–H groups in total. The lowest BCUT2D eigenvalue weighted by Crippen LogP contribution is -1.80. The first-order chi connectivity index (χ1) is 6.66. The SMILES string of the molecule is Cc1cc(-c2ccc(Br)[nH]2)ccc1Cl. The number of benzene rings is 1. The van der Waals surface area contributed by atoms with Crippen LogP contribution in [-0.4, -0.2) is 4.98 Å². The van der Waals surface area contributed by atoms with E-state index in [0.717, 1.165) is 26.4 Å². The highest BCUT2D eigenvalue weighted by atomic mass is 79.9. The van der Waals surface area contributed by atoms with E-state index in [2.05, 4.69) is 27.0 Å². The highest BCUT2D eigenvalue weighted by Crippen LogP contribution is 2.25. The summed E-state index contributed by atoms with van der Waals surface area (Å²) < 4.78 is 0.986. The summed E-state index contributed by atoms with van der Waals surface area (Å²) in [6.45, 7) is 2.00. The Morgan fingerprint density at radius 1 is 1.21 bits per heavy atom. The summed E-state index contributed by atoms with van der Waals surface area (Å²) in [5.41, 5.74) is 3.34. The highest BCUT2D eigenvalue weighted by Gasteiger charge is 2.02. The molecule has 14 heavy (non-hydrogen) atoms. The van der Waals surface area contributed by atoms with E-state index < -0.39 is 0 Å². The fourth-order valence-corrected chi connectivity index (χ4v) is 1.81. The summed E-state index contributed by atoms with van der Waals surface area (Å²) in [5, 5.41) is 0.805. The summed E-state index contributed by atoms with van der Waals surface area (Å²) in [4.78, 5) is 3.21. The summed E-state index contributed by atoms with van der Waals surface area (Å²) >= 11 is 9.33. The molecule has 3 heteroatoms. The van der Waals surface area contributed by atoms with Crippen LogP contribution in [0.2, 0.25) is 5.02 Å². The summed E-state index contributed by atoms with van der Waals surface area (Å²) in [5.74, 6) is 0. The highest BCUT2D eigenvalue weighted by molar-refractivity contribution is 9.10. The average molecular weight is 271 g/mol. The molecule has 0 spiro atoms. The van der Waals surface area contributed by atoms with Gasteiger partial charge in [-0.2, -0.15) is 0 Å². The summed E-state index contributed by atoms with van der Waals surface area (Å²) in [6, 6.07) is 10.0. The van der Waals surface area contributed by atoms with Crippen molar-refractivity contribution in [3.05, 3.63) is 45.5 Å². The lowest BCUT2D eigenvalue weighted by atomic mass is 10.1. The van der Waals surface area contributed by atoms with Gasteiger partial charge in [-0.25, -0.2) is 0 Å². The molecule has 0 unspecified atom stereocenters. The number of rotatable bonds is 1. The first kappa shape index (κ1) is 9.81. The van der Waals surface area contributed by atoms with Gasteiger partial charge < -0.3 is 4.98 Å². The number of aromatic amines is 1. The maximum atomic E-state index is 5.95. The molecule has 1 nitrogen and oxygen atoms in total. The van der Waals surface area contributed by atoms with Crippen LogP contribution < -0.4 is 0 Å². The quantitative estimate of drug-likeness (QED) is 0.790. The van der Waals surface area contributed by atoms with Crippen molar-refractivity contribution in [1.29, 1.82) is 0 Å². The average Bonchev–Trinajstić information content (AvgIpc) is 2.57. The first-order valence-electron chi connectivity index (χ1n) is 4.28. The molecule has 1 aromatic heterocycles. The van der Waals surface area contributed by atoms with Crippen LogP contribution in [0.25, 0.3) is 11.3 Å².